The molecule has 1 unspecified atom stereocenters. The molecule has 1 aromatic rings. The predicted molar refractivity (Wildman–Crippen MR) is 69.6 cm³/mol. The number of nitrogens with one attached hydrogen (secondary N) is 1. The molecule has 2 rings (SSSR count). The van der Waals surface area contributed by atoms with Gasteiger partial charge in [-0.1, -0.05) is 15.9 Å². The van der Waals surface area contributed by atoms with Crippen molar-refractivity contribution in [3.63, 3.8) is 0 Å². The molecule has 0 bridgehead atoms. The van der Waals surface area contributed by atoms with Crippen molar-refractivity contribution in [3.8, 4) is 0 Å². The van der Waals surface area contributed by atoms with Crippen molar-refractivity contribution in [2.75, 3.05) is 13.1 Å². The molecule has 102 valence electrons. The highest BCUT2D eigenvalue weighted by Crippen LogP contribution is 2.16. The average molecular weight is 331 g/mol. The lowest BCUT2D eigenvalue weighted by Crippen LogP contribution is -2.38. The van der Waals surface area contributed by atoms with Crippen molar-refractivity contribution >= 4 is 27.9 Å². The normalized spacial score (nSPS) is 18.4. The first kappa shape index (κ1) is 13.8. The summed E-state index contributed by atoms with van der Waals surface area (Å²) in [4.78, 5) is 23.8. The van der Waals surface area contributed by atoms with E-state index in [4.69, 9.17) is 5.11 Å². The van der Waals surface area contributed by atoms with Gasteiger partial charge in [-0.05, 0) is 24.6 Å². The lowest BCUT2D eigenvalue weighted by atomic mass is 10.1. The van der Waals surface area contributed by atoms with E-state index < -0.39 is 17.8 Å². The summed E-state index contributed by atoms with van der Waals surface area (Å²) in [6.45, 7) is 0.613. The van der Waals surface area contributed by atoms with Crippen molar-refractivity contribution in [1.82, 2.24) is 10.2 Å². The lowest BCUT2D eigenvalue weighted by Gasteiger charge is -2.14. The number of nitrogens with zero attached hydrogens (tertiary/aromatic N) is 1. The Bertz CT molecular complexity index is 524. The number of hydrogen-bond acceptors (Lipinski definition) is 2. The molecule has 5 nitrogen and oxygen atoms in total. The van der Waals surface area contributed by atoms with Gasteiger partial charge in [0.15, 0.2) is 0 Å². The predicted octanol–water partition coefficient (Wildman–Crippen LogP) is 2.07. The van der Waals surface area contributed by atoms with E-state index in [1.165, 1.54) is 17.0 Å². The summed E-state index contributed by atoms with van der Waals surface area (Å²) >= 11 is 3.11. The molecule has 1 aliphatic rings. The number of likely N-dealkylation sites (tertiary alicyclic amines) is 1. The number of hydrogen-bond donors (Lipinski definition) is 2. The van der Waals surface area contributed by atoms with Crippen LogP contribution in [0.15, 0.2) is 22.7 Å². The van der Waals surface area contributed by atoms with Gasteiger partial charge in [0, 0.05) is 23.6 Å². The third-order valence-corrected chi connectivity index (χ3v) is 3.46. The molecule has 1 heterocycles. The maximum Gasteiger partial charge on any atom is 0.407 e. The van der Waals surface area contributed by atoms with Crippen LogP contribution in [0.5, 0.6) is 0 Å². The number of carbonyl (C=O) groups is 2. The molecule has 1 aromatic carbocycles. The molecule has 19 heavy (non-hydrogen) atoms. The van der Waals surface area contributed by atoms with Crippen molar-refractivity contribution in [2.45, 2.75) is 12.5 Å². The van der Waals surface area contributed by atoms with Crippen molar-refractivity contribution in [3.05, 3.63) is 34.1 Å². The minimum Gasteiger partial charge on any atom is -0.465 e. The van der Waals surface area contributed by atoms with Crippen LogP contribution in [0.1, 0.15) is 16.8 Å². The molecule has 1 atom stereocenters. The van der Waals surface area contributed by atoms with Crippen LogP contribution in [-0.4, -0.2) is 41.1 Å². The van der Waals surface area contributed by atoms with Gasteiger partial charge in [-0.2, -0.15) is 0 Å². The molecule has 2 amide bonds. The monoisotopic (exact) mass is 330 g/mol. The van der Waals surface area contributed by atoms with Gasteiger partial charge in [-0.15, -0.1) is 0 Å². The fraction of sp³-hybridized carbons (Fsp3) is 0.333. The number of rotatable bonds is 2. The fourth-order valence-corrected chi connectivity index (χ4v) is 2.32. The van der Waals surface area contributed by atoms with E-state index in [0.29, 0.717) is 17.4 Å². The zero-order valence-electron chi connectivity index (χ0n) is 9.90. The van der Waals surface area contributed by atoms with E-state index in [-0.39, 0.29) is 18.2 Å². The molecule has 1 fully saturated rings. The van der Waals surface area contributed by atoms with E-state index >= 15 is 0 Å². The number of carboxylic acid groups (broad SMARTS) is 1. The summed E-state index contributed by atoms with van der Waals surface area (Å²) in [6.07, 6.45) is -0.470. The minimum atomic E-state index is -1.01. The van der Waals surface area contributed by atoms with Gasteiger partial charge in [0.1, 0.15) is 5.82 Å². The molecule has 0 aliphatic carbocycles. The molecule has 0 spiro atoms. The summed E-state index contributed by atoms with van der Waals surface area (Å²) in [7, 11) is 0. The summed E-state index contributed by atoms with van der Waals surface area (Å²) in [6, 6.07) is 3.91. The third kappa shape index (κ3) is 3.23. The quantitative estimate of drug-likeness (QED) is 0.872. The maximum absolute atomic E-state index is 13.6. The highest BCUT2D eigenvalue weighted by Gasteiger charge is 2.27. The number of benzene rings is 1. The zero-order valence-corrected chi connectivity index (χ0v) is 11.5. The third-order valence-electron chi connectivity index (χ3n) is 2.97. The second kappa shape index (κ2) is 5.56. The van der Waals surface area contributed by atoms with Gasteiger partial charge in [0.05, 0.1) is 5.56 Å². The molecule has 0 radical (unpaired) electrons. The summed E-state index contributed by atoms with van der Waals surface area (Å²) in [5.74, 6) is -1.14. The van der Waals surface area contributed by atoms with Crippen molar-refractivity contribution < 1.29 is 19.1 Å². The average Bonchev–Trinajstić information content (AvgIpc) is 2.77. The van der Waals surface area contributed by atoms with Crippen LogP contribution in [0.2, 0.25) is 0 Å². The first-order valence-electron chi connectivity index (χ1n) is 5.71. The second-order valence-electron chi connectivity index (χ2n) is 4.31. The van der Waals surface area contributed by atoms with Gasteiger partial charge < -0.3 is 15.3 Å². The van der Waals surface area contributed by atoms with Crippen LogP contribution >= 0.6 is 15.9 Å². The Balaban J connectivity index is 2.00. The number of amides is 2. The standard InChI is InChI=1S/C12H12BrFN2O3/c13-7-1-2-9(10(14)5-7)11(17)15-8-3-4-16(6-8)12(18)19/h1-2,5,8H,3-4,6H2,(H,15,17)(H,18,19). The fourth-order valence-electron chi connectivity index (χ4n) is 1.99. The van der Waals surface area contributed by atoms with E-state index in [0.717, 1.165) is 0 Å². The molecular weight excluding hydrogens is 319 g/mol. The van der Waals surface area contributed by atoms with Crippen LogP contribution < -0.4 is 5.32 Å². The van der Waals surface area contributed by atoms with Crippen molar-refractivity contribution in [2.24, 2.45) is 0 Å². The zero-order chi connectivity index (χ0) is 14.0. The van der Waals surface area contributed by atoms with E-state index in [1.807, 2.05) is 0 Å². The highest BCUT2D eigenvalue weighted by molar-refractivity contribution is 9.10. The maximum atomic E-state index is 13.6. The molecule has 2 N–H and O–H groups in total. The molecule has 0 aromatic heterocycles. The Kier molecular flexibility index (Phi) is 4.04. The second-order valence-corrected chi connectivity index (χ2v) is 5.23. The van der Waals surface area contributed by atoms with Gasteiger partial charge in [0.2, 0.25) is 0 Å². The van der Waals surface area contributed by atoms with Gasteiger partial charge in [0.25, 0.3) is 5.91 Å². The molecular formula is C12H12BrFN2O3. The van der Waals surface area contributed by atoms with Crippen LogP contribution in [0.25, 0.3) is 0 Å². The summed E-state index contributed by atoms with van der Waals surface area (Å²) in [5, 5.41) is 11.4. The van der Waals surface area contributed by atoms with Gasteiger partial charge in [-0.3, -0.25) is 4.79 Å². The SMILES string of the molecule is O=C(NC1CCN(C(=O)O)C1)c1ccc(Br)cc1F. The minimum absolute atomic E-state index is 0.0445. The van der Waals surface area contributed by atoms with E-state index in [1.54, 1.807) is 6.07 Å². The smallest absolute Gasteiger partial charge is 0.407 e. The Morgan fingerprint density at radius 2 is 2.21 bits per heavy atom. The van der Waals surface area contributed by atoms with Crippen LogP contribution in [0.3, 0.4) is 0 Å². The molecule has 1 aliphatic heterocycles. The number of carbonyl (C=O) groups excluding carboxylic acids is 1. The number of halogens is 2. The molecule has 1 saturated heterocycles. The van der Waals surface area contributed by atoms with E-state index in [9.17, 15) is 14.0 Å². The first-order valence-corrected chi connectivity index (χ1v) is 6.50. The molecule has 0 saturated carbocycles. The molecule has 7 heteroatoms. The highest BCUT2D eigenvalue weighted by atomic mass is 79.9. The Hall–Kier alpha value is -1.63. The first-order chi connectivity index (χ1) is 8.97. The largest absolute Gasteiger partial charge is 0.465 e. The van der Waals surface area contributed by atoms with Gasteiger partial charge in [-0.25, -0.2) is 9.18 Å². The Morgan fingerprint density at radius 1 is 1.47 bits per heavy atom. The van der Waals surface area contributed by atoms with E-state index in [2.05, 4.69) is 21.2 Å². The Labute approximate surface area is 117 Å². The lowest BCUT2D eigenvalue weighted by molar-refractivity contribution is 0.0931. The van der Waals surface area contributed by atoms with Crippen LogP contribution in [0, 0.1) is 5.82 Å². The topological polar surface area (TPSA) is 69.6 Å². The summed E-state index contributed by atoms with van der Waals surface area (Å²) in [5.41, 5.74) is -0.0445. The van der Waals surface area contributed by atoms with Crippen LogP contribution in [-0.2, 0) is 0 Å². The van der Waals surface area contributed by atoms with Crippen LogP contribution in [0.4, 0.5) is 9.18 Å². The van der Waals surface area contributed by atoms with Gasteiger partial charge >= 0.3 is 6.09 Å². The van der Waals surface area contributed by atoms with Crippen molar-refractivity contribution in [1.29, 1.82) is 0 Å². The summed E-state index contributed by atoms with van der Waals surface area (Å²) < 4.78 is 14.1. The Morgan fingerprint density at radius 3 is 2.79 bits per heavy atom.